The molecule has 1 saturated heterocycles. The standard InChI is InChI=1S/C18H23F2N3OS/c1-22-10-14(21-12-22)11-23-5-3-18(4-6-23)17-13(2-7-24-18)8-15(25-17)9-16(19)20/h8,10,12,16H,2-7,9,11H2,1H3. The van der Waals surface area contributed by atoms with Crippen LogP contribution >= 0.6 is 11.3 Å². The lowest BCUT2D eigenvalue weighted by molar-refractivity contribution is -0.0961. The van der Waals surface area contributed by atoms with Crippen molar-refractivity contribution in [3.63, 3.8) is 0 Å². The average Bonchev–Trinajstić information content (AvgIpc) is 3.16. The number of fused-ring (bicyclic) bond motifs is 2. The number of alkyl halides is 2. The number of imidazole rings is 1. The Hall–Kier alpha value is -1.31. The normalized spacial score (nSPS) is 20.3. The number of piperidine rings is 1. The molecule has 0 aromatic carbocycles. The first-order valence-electron chi connectivity index (χ1n) is 8.77. The number of ether oxygens (including phenoxy) is 1. The molecule has 0 atom stereocenters. The van der Waals surface area contributed by atoms with Crippen molar-refractivity contribution in [3.8, 4) is 0 Å². The lowest BCUT2D eigenvalue weighted by atomic mass is 9.85. The first kappa shape index (κ1) is 17.1. The molecule has 0 saturated carbocycles. The van der Waals surface area contributed by atoms with Gasteiger partial charge in [-0.25, -0.2) is 13.8 Å². The van der Waals surface area contributed by atoms with Crippen molar-refractivity contribution in [2.45, 2.75) is 44.3 Å². The predicted molar refractivity (Wildman–Crippen MR) is 93.1 cm³/mol. The molecule has 0 bridgehead atoms. The third-order valence-corrected chi connectivity index (χ3v) is 6.57. The van der Waals surface area contributed by atoms with Crippen LogP contribution in [-0.4, -0.2) is 40.6 Å². The molecule has 1 fully saturated rings. The fourth-order valence-corrected chi connectivity index (χ4v) is 5.37. The first-order chi connectivity index (χ1) is 12.0. The Balaban J connectivity index is 1.46. The van der Waals surface area contributed by atoms with Crippen LogP contribution in [0.5, 0.6) is 0 Å². The van der Waals surface area contributed by atoms with Crippen LogP contribution in [0.1, 0.15) is 33.9 Å². The minimum absolute atomic E-state index is 0.139. The largest absolute Gasteiger partial charge is 0.369 e. The van der Waals surface area contributed by atoms with Crippen LogP contribution in [0.15, 0.2) is 18.6 Å². The van der Waals surface area contributed by atoms with Crippen LogP contribution in [0.25, 0.3) is 0 Å². The van der Waals surface area contributed by atoms with Crippen molar-refractivity contribution in [2.24, 2.45) is 7.05 Å². The van der Waals surface area contributed by atoms with Crippen LogP contribution in [0.4, 0.5) is 8.78 Å². The topological polar surface area (TPSA) is 30.3 Å². The minimum atomic E-state index is -2.28. The number of likely N-dealkylation sites (tertiary alicyclic amines) is 1. The Morgan fingerprint density at radius 2 is 2.16 bits per heavy atom. The zero-order chi connectivity index (χ0) is 17.4. The predicted octanol–water partition coefficient (Wildman–Crippen LogP) is 3.35. The maximum atomic E-state index is 12.7. The second kappa shape index (κ2) is 6.78. The lowest BCUT2D eigenvalue weighted by Gasteiger charge is -2.43. The third-order valence-electron chi connectivity index (χ3n) is 5.19. The molecule has 0 radical (unpaired) electrons. The van der Waals surface area contributed by atoms with Gasteiger partial charge in [-0.2, -0.15) is 0 Å². The first-order valence-corrected chi connectivity index (χ1v) is 9.59. The van der Waals surface area contributed by atoms with Crippen LogP contribution < -0.4 is 0 Å². The quantitative estimate of drug-likeness (QED) is 0.830. The fourth-order valence-electron chi connectivity index (χ4n) is 3.95. The highest BCUT2D eigenvalue weighted by Gasteiger charge is 2.42. The van der Waals surface area contributed by atoms with E-state index in [2.05, 4.69) is 16.1 Å². The number of nitrogens with zero attached hydrogens (tertiary/aromatic N) is 3. The molecule has 0 N–H and O–H groups in total. The van der Waals surface area contributed by atoms with Gasteiger partial charge in [0.2, 0.25) is 6.43 Å². The van der Waals surface area contributed by atoms with E-state index in [1.165, 1.54) is 21.8 Å². The summed E-state index contributed by atoms with van der Waals surface area (Å²) in [7, 11) is 1.98. The highest BCUT2D eigenvalue weighted by molar-refractivity contribution is 7.12. The van der Waals surface area contributed by atoms with Crippen LogP contribution in [0.2, 0.25) is 0 Å². The van der Waals surface area contributed by atoms with Gasteiger partial charge in [0.25, 0.3) is 0 Å². The SMILES string of the molecule is Cn1cnc(CN2CCC3(CC2)OCCc2cc(CC(F)F)sc23)c1. The molecule has 2 aliphatic rings. The zero-order valence-electron chi connectivity index (χ0n) is 14.4. The van der Waals surface area contributed by atoms with Crippen molar-refractivity contribution in [1.29, 1.82) is 0 Å². The molecular weight excluding hydrogens is 344 g/mol. The molecule has 2 aromatic rings. The van der Waals surface area contributed by atoms with Gasteiger partial charge in [0, 0.05) is 49.1 Å². The summed E-state index contributed by atoms with van der Waals surface area (Å²) in [6.07, 6.45) is 4.14. The summed E-state index contributed by atoms with van der Waals surface area (Å²) in [6, 6.07) is 1.98. The molecule has 4 rings (SSSR count). The van der Waals surface area contributed by atoms with Crippen molar-refractivity contribution in [1.82, 2.24) is 14.5 Å². The summed E-state index contributed by atoms with van der Waals surface area (Å²) in [6.45, 7) is 3.43. The van der Waals surface area contributed by atoms with E-state index in [1.807, 2.05) is 24.0 Å². The van der Waals surface area contributed by atoms with Gasteiger partial charge in [-0.15, -0.1) is 11.3 Å². The Labute approximate surface area is 150 Å². The molecule has 4 heterocycles. The van der Waals surface area contributed by atoms with Crippen molar-refractivity contribution in [3.05, 3.63) is 39.6 Å². The van der Waals surface area contributed by atoms with Crippen molar-refractivity contribution >= 4 is 11.3 Å². The number of aromatic nitrogens is 2. The summed E-state index contributed by atoms with van der Waals surface area (Å²) >= 11 is 1.54. The summed E-state index contributed by atoms with van der Waals surface area (Å²) in [5, 5.41) is 0. The van der Waals surface area contributed by atoms with E-state index in [-0.39, 0.29) is 12.0 Å². The van der Waals surface area contributed by atoms with Gasteiger partial charge in [0.15, 0.2) is 0 Å². The fraction of sp³-hybridized carbons (Fsp3) is 0.611. The molecule has 0 amide bonds. The molecule has 4 nitrogen and oxygen atoms in total. The molecule has 136 valence electrons. The summed E-state index contributed by atoms with van der Waals surface area (Å²) in [5.41, 5.74) is 2.04. The highest BCUT2D eigenvalue weighted by atomic mass is 32.1. The smallest absolute Gasteiger partial charge is 0.243 e. The maximum absolute atomic E-state index is 12.7. The molecule has 7 heteroatoms. The van der Waals surface area contributed by atoms with Crippen molar-refractivity contribution < 1.29 is 13.5 Å². The maximum Gasteiger partial charge on any atom is 0.243 e. The van der Waals surface area contributed by atoms with Crippen molar-refractivity contribution in [2.75, 3.05) is 19.7 Å². The van der Waals surface area contributed by atoms with Gasteiger partial charge in [-0.05, 0) is 30.9 Å². The summed E-state index contributed by atoms with van der Waals surface area (Å²) in [5.74, 6) is 0. The van der Waals surface area contributed by atoms with Gasteiger partial charge in [-0.3, -0.25) is 4.90 Å². The molecule has 0 unspecified atom stereocenters. The molecule has 2 aliphatic heterocycles. The minimum Gasteiger partial charge on any atom is -0.369 e. The van der Waals surface area contributed by atoms with E-state index in [0.717, 1.165) is 49.5 Å². The van der Waals surface area contributed by atoms with E-state index >= 15 is 0 Å². The second-order valence-corrected chi connectivity index (χ2v) is 8.20. The Kier molecular flexibility index (Phi) is 4.64. The number of thiophene rings is 1. The Morgan fingerprint density at radius 1 is 1.36 bits per heavy atom. The third kappa shape index (κ3) is 3.50. The van der Waals surface area contributed by atoms with Crippen LogP contribution in [0.3, 0.4) is 0 Å². The lowest BCUT2D eigenvalue weighted by Crippen LogP contribution is -2.45. The number of halogens is 2. The van der Waals surface area contributed by atoms with Gasteiger partial charge >= 0.3 is 0 Å². The molecule has 0 aliphatic carbocycles. The zero-order valence-corrected chi connectivity index (χ0v) is 15.2. The number of aryl methyl sites for hydroxylation is 1. The van der Waals surface area contributed by atoms with Crippen LogP contribution in [0, 0.1) is 0 Å². The molecule has 2 aromatic heterocycles. The average molecular weight is 367 g/mol. The Morgan fingerprint density at radius 3 is 2.84 bits per heavy atom. The van der Waals surface area contributed by atoms with Gasteiger partial charge in [-0.1, -0.05) is 0 Å². The van der Waals surface area contributed by atoms with Crippen LogP contribution in [-0.2, 0) is 36.8 Å². The summed E-state index contributed by atoms with van der Waals surface area (Å²) < 4.78 is 33.7. The van der Waals surface area contributed by atoms with Gasteiger partial charge < -0.3 is 9.30 Å². The Bertz CT molecular complexity index is 735. The number of rotatable bonds is 4. The second-order valence-electron chi connectivity index (χ2n) is 7.06. The van der Waals surface area contributed by atoms with E-state index in [9.17, 15) is 8.78 Å². The monoisotopic (exact) mass is 367 g/mol. The summed E-state index contributed by atoms with van der Waals surface area (Å²) in [4.78, 5) is 8.80. The van der Waals surface area contributed by atoms with E-state index in [1.54, 1.807) is 0 Å². The van der Waals surface area contributed by atoms with E-state index in [0.29, 0.717) is 6.61 Å². The molecular formula is C18H23F2N3OS. The van der Waals surface area contributed by atoms with Gasteiger partial charge in [0.1, 0.15) is 5.60 Å². The van der Waals surface area contributed by atoms with Gasteiger partial charge in [0.05, 0.1) is 18.6 Å². The molecule has 1 spiro atoms. The van der Waals surface area contributed by atoms with E-state index in [4.69, 9.17) is 4.74 Å². The molecule has 25 heavy (non-hydrogen) atoms. The highest BCUT2D eigenvalue weighted by Crippen LogP contribution is 2.45. The number of hydrogen-bond acceptors (Lipinski definition) is 4. The number of hydrogen-bond donors (Lipinski definition) is 0. The van der Waals surface area contributed by atoms with E-state index < -0.39 is 6.43 Å².